The number of aromatic carboxylic acids is 1. The highest BCUT2D eigenvalue weighted by Gasteiger charge is 2.08. The number of tetrazole rings is 1. The Hall–Kier alpha value is -3.02. The quantitative estimate of drug-likeness (QED) is 0.718. The number of rotatable bonds is 4. The second-order valence-electron chi connectivity index (χ2n) is 4.94. The molecule has 0 saturated heterocycles. The van der Waals surface area contributed by atoms with Crippen molar-refractivity contribution >= 4 is 5.97 Å². The fourth-order valence-corrected chi connectivity index (χ4v) is 2.15. The zero-order valence-corrected chi connectivity index (χ0v) is 11.9. The molecule has 0 bridgehead atoms. The van der Waals surface area contributed by atoms with Gasteiger partial charge in [0, 0.05) is 5.56 Å². The van der Waals surface area contributed by atoms with Crippen molar-refractivity contribution in [3.8, 4) is 11.4 Å². The number of carbonyl (C=O) groups excluding carboxylic acids is 1. The Bertz CT molecular complexity index is 826. The number of carboxylic acid groups (broad SMARTS) is 1. The Morgan fingerprint density at radius 3 is 2.77 bits per heavy atom. The van der Waals surface area contributed by atoms with Crippen molar-refractivity contribution in [1.29, 1.82) is 0 Å². The van der Waals surface area contributed by atoms with Crippen LogP contribution in [0.2, 0.25) is 0 Å². The lowest BCUT2D eigenvalue weighted by atomic mass is 10.1. The maximum Gasteiger partial charge on any atom is 0.204 e. The minimum absolute atomic E-state index is 0.0905. The Labute approximate surface area is 127 Å². The van der Waals surface area contributed by atoms with Gasteiger partial charge in [-0.3, -0.25) is 0 Å². The average Bonchev–Trinajstić information content (AvgIpc) is 2.98. The van der Waals surface area contributed by atoms with E-state index in [0.29, 0.717) is 17.9 Å². The lowest BCUT2D eigenvalue weighted by molar-refractivity contribution is -0.255. The van der Waals surface area contributed by atoms with Crippen LogP contribution >= 0.6 is 0 Å². The number of carboxylic acids is 1. The van der Waals surface area contributed by atoms with Crippen LogP contribution in [0.4, 0.5) is 0 Å². The molecule has 3 aromatic rings. The summed E-state index contributed by atoms with van der Waals surface area (Å²) in [5.41, 5.74) is 2.95. The number of carbonyl (C=O) groups is 1. The van der Waals surface area contributed by atoms with Gasteiger partial charge in [0.2, 0.25) is 5.82 Å². The number of aryl methyl sites for hydroxylation is 1. The summed E-state index contributed by atoms with van der Waals surface area (Å²) in [4.78, 5) is 12.4. The monoisotopic (exact) mass is 293 g/mol. The maximum absolute atomic E-state index is 10.9. The molecule has 0 aliphatic rings. The molecule has 0 N–H and O–H groups in total. The number of aromatic nitrogens is 4. The normalized spacial score (nSPS) is 10.6. The Kier molecular flexibility index (Phi) is 3.65. The van der Waals surface area contributed by atoms with E-state index < -0.39 is 5.97 Å². The Morgan fingerprint density at radius 1 is 1.18 bits per heavy atom. The minimum atomic E-state index is -1.23. The Balaban J connectivity index is 1.86. The van der Waals surface area contributed by atoms with Crippen molar-refractivity contribution in [1.82, 2.24) is 20.2 Å². The van der Waals surface area contributed by atoms with Crippen molar-refractivity contribution < 1.29 is 9.90 Å². The molecule has 6 heteroatoms. The molecule has 6 nitrogen and oxygen atoms in total. The molecule has 1 heterocycles. The van der Waals surface area contributed by atoms with Gasteiger partial charge in [-0.05, 0) is 34.9 Å². The molecule has 0 aliphatic heterocycles. The summed E-state index contributed by atoms with van der Waals surface area (Å²) in [5, 5.41) is 23.2. The molecule has 0 radical (unpaired) electrons. The molecule has 3 rings (SSSR count). The zero-order valence-electron chi connectivity index (χ0n) is 11.9. The largest absolute Gasteiger partial charge is 0.545 e. The molecule has 1 aromatic heterocycles. The van der Waals surface area contributed by atoms with Crippen LogP contribution in [0.3, 0.4) is 0 Å². The number of benzene rings is 2. The van der Waals surface area contributed by atoms with E-state index >= 15 is 0 Å². The molecule has 0 aliphatic carbocycles. The predicted molar refractivity (Wildman–Crippen MR) is 77.9 cm³/mol. The standard InChI is InChI=1S/C16H14N4O2/c1-11-5-2-3-6-14(11)10-20-18-15(17-19-20)12-7-4-8-13(9-12)16(21)22/h2-9H,10H2,1H3,(H,21,22)/p-1. The molecule has 0 unspecified atom stereocenters. The van der Waals surface area contributed by atoms with Gasteiger partial charge in [0.15, 0.2) is 0 Å². The van der Waals surface area contributed by atoms with Gasteiger partial charge in [-0.15, -0.1) is 10.2 Å². The second-order valence-corrected chi connectivity index (χ2v) is 4.94. The van der Waals surface area contributed by atoms with E-state index in [0.717, 1.165) is 11.1 Å². The van der Waals surface area contributed by atoms with Crippen LogP contribution in [0.25, 0.3) is 11.4 Å². The van der Waals surface area contributed by atoms with Gasteiger partial charge < -0.3 is 9.90 Å². The minimum Gasteiger partial charge on any atom is -0.545 e. The van der Waals surface area contributed by atoms with Crippen LogP contribution in [0.1, 0.15) is 21.5 Å². The highest BCUT2D eigenvalue weighted by Crippen LogP contribution is 2.15. The van der Waals surface area contributed by atoms with Crippen LogP contribution in [-0.2, 0) is 6.54 Å². The third kappa shape index (κ3) is 2.85. The molecular weight excluding hydrogens is 280 g/mol. The third-order valence-electron chi connectivity index (χ3n) is 3.38. The van der Waals surface area contributed by atoms with Gasteiger partial charge in [-0.25, -0.2) is 0 Å². The number of hydrogen-bond donors (Lipinski definition) is 0. The first-order chi connectivity index (χ1) is 10.6. The molecule has 0 fully saturated rings. The van der Waals surface area contributed by atoms with Crippen LogP contribution < -0.4 is 5.11 Å². The summed E-state index contributed by atoms with van der Waals surface area (Å²) in [6.45, 7) is 2.54. The first kappa shape index (κ1) is 13.9. The van der Waals surface area contributed by atoms with Gasteiger partial charge in [0.1, 0.15) is 0 Å². The lowest BCUT2D eigenvalue weighted by Crippen LogP contribution is -2.22. The molecular formula is C16H13N4O2-. The predicted octanol–water partition coefficient (Wildman–Crippen LogP) is 1.06. The molecule has 0 atom stereocenters. The fraction of sp³-hybridized carbons (Fsp3) is 0.125. The molecule has 0 spiro atoms. The summed E-state index contributed by atoms with van der Waals surface area (Å²) in [6, 6.07) is 14.3. The Morgan fingerprint density at radius 2 is 2.00 bits per heavy atom. The molecule has 22 heavy (non-hydrogen) atoms. The van der Waals surface area contributed by atoms with E-state index in [-0.39, 0.29) is 5.56 Å². The van der Waals surface area contributed by atoms with Gasteiger partial charge in [-0.1, -0.05) is 42.5 Å². The highest BCUT2D eigenvalue weighted by molar-refractivity contribution is 5.87. The summed E-state index contributed by atoms with van der Waals surface area (Å²) in [6.07, 6.45) is 0. The summed E-state index contributed by atoms with van der Waals surface area (Å²) < 4.78 is 0. The molecule has 0 saturated carbocycles. The molecule has 0 amide bonds. The highest BCUT2D eigenvalue weighted by atomic mass is 16.4. The lowest BCUT2D eigenvalue weighted by Gasteiger charge is -2.04. The van der Waals surface area contributed by atoms with E-state index in [2.05, 4.69) is 15.4 Å². The summed E-state index contributed by atoms with van der Waals surface area (Å²) >= 11 is 0. The summed E-state index contributed by atoms with van der Waals surface area (Å²) in [7, 11) is 0. The van der Waals surface area contributed by atoms with Crippen LogP contribution in [0.15, 0.2) is 48.5 Å². The zero-order chi connectivity index (χ0) is 15.5. The van der Waals surface area contributed by atoms with Crippen molar-refractivity contribution in [2.45, 2.75) is 13.5 Å². The van der Waals surface area contributed by atoms with Crippen molar-refractivity contribution in [3.63, 3.8) is 0 Å². The van der Waals surface area contributed by atoms with Crippen LogP contribution in [0, 0.1) is 6.92 Å². The van der Waals surface area contributed by atoms with Gasteiger partial charge >= 0.3 is 0 Å². The maximum atomic E-state index is 10.9. The van der Waals surface area contributed by atoms with Crippen molar-refractivity contribution in [3.05, 3.63) is 65.2 Å². The van der Waals surface area contributed by atoms with Crippen molar-refractivity contribution in [2.24, 2.45) is 0 Å². The smallest absolute Gasteiger partial charge is 0.204 e. The topological polar surface area (TPSA) is 83.7 Å². The van der Waals surface area contributed by atoms with Gasteiger partial charge in [0.05, 0.1) is 12.5 Å². The molecule has 110 valence electrons. The number of hydrogen-bond acceptors (Lipinski definition) is 5. The molecule has 2 aromatic carbocycles. The SMILES string of the molecule is Cc1ccccc1Cn1nnc(-c2cccc(C(=O)[O-])c2)n1. The third-order valence-corrected chi connectivity index (χ3v) is 3.38. The van der Waals surface area contributed by atoms with Crippen LogP contribution in [-0.4, -0.2) is 26.2 Å². The van der Waals surface area contributed by atoms with E-state index in [1.807, 2.05) is 31.2 Å². The van der Waals surface area contributed by atoms with Crippen molar-refractivity contribution in [2.75, 3.05) is 0 Å². The average molecular weight is 293 g/mol. The van der Waals surface area contributed by atoms with Gasteiger partial charge in [-0.2, -0.15) is 4.80 Å². The first-order valence-electron chi connectivity index (χ1n) is 6.77. The summed E-state index contributed by atoms with van der Waals surface area (Å²) in [5.74, 6) is -0.842. The van der Waals surface area contributed by atoms with E-state index in [1.54, 1.807) is 12.1 Å². The van der Waals surface area contributed by atoms with Crippen LogP contribution in [0.5, 0.6) is 0 Å². The van der Waals surface area contributed by atoms with E-state index in [1.165, 1.54) is 16.9 Å². The fourth-order valence-electron chi connectivity index (χ4n) is 2.15. The van der Waals surface area contributed by atoms with Gasteiger partial charge in [0.25, 0.3) is 0 Å². The van der Waals surface area contributed by atoms with E-state index in [4.69, 9.17) is 0 Å². The first-order valence-corrected chi connectivity index (χ1v) is 6.77. The number of nitrogens with zero attached hydrogens (tertiary/aromatic N) is 4. The second kappa shape index (κ2) is 5.77. The van der Waals surface area contributed by atoms with E-state index in [9.17, 15) is 9.90 Å².